The van der Waals surface area contributed by atoms with Crippen LogP contribution in [0.15, 0.2) is 36.4 Å². The lowest BCUT2D eigenvalue weighted by Crippen LogP contribution is -2.07. The third-order valence-corrected chi connectivity index (χ3v) is 4.60. The molecule has 1 nitrogen and oxygen atoms in total. The Morgan fingerprint density at radius 1 is 0.850 bits per heavy atom. The van der Waals surface area contributed by atoms with Gasteiger partial charge in [0.05, 0.1) is 20.1 Å². The number of ketones is 1. The van der Waals surface area contributed by atoms with Gasteiger partial charge in [0.15, 0.2) is 0 Å². The van der Waals surface area contributed by atoms with Gasteiger partial charge in [0.25, 0.3) is 0 Å². The zero-order valence-corrected chi connectivity index (χ0v) is 13.3. The van der Waals surface area contributed by atoms with Crippen molar-refractivity contribution >= 4 is 52.2 Å². The summed E-state index contributed by atoms with van der Waals surface area (Å²) in [7, 11) is 0. The first kappa shape index (κ1) is 15.7. The van der Waals surface area contributed by atoms with Crippen LogP contribution in [0.1, 0.15) is 11.1 Å². The highest BCUT2D eigenvalue weighted by atomic mass is 35.5. The molecule has 2 aromatic carbocycles. The van der Waals surface area contributed by atoms with E-state index >= 15 is 0 Å². The molecule has 104 valence electrons. The Morgan fingerprint density at radius 2 is 1.50 bits per heavy atom. The second kappa shape index (κ2) is 6.82. The van der Waals surface area contributed by atoms with Crippen LogP contribution in [0.4, 0.5) is 0 Å². The molecule has 2 rings (SSSR count). The first-order chi connectivity index (χ1) is 9.49. The van der Waals surface area contributed by atoms with Crippen molar-refractivity contribution in [3.63, 3.8) is 0 Å². The molecule has 5 heteroatoms. The number of Topliss-reactive ketones (excluding diaryl/α,β-unsaturated/α-hetero) is 1. The summed E-state index contributed by atoms with van der Waals surface area (Å²) in [5, 5.41) is 0.965. The molecule has 0 amide bonds. The summed E-state index contributed by atoms with van der Waals surface area (Å²) in [4.78, 5) is 12.1. The van der Waals surface area contributed by atoms with Gasteiger partial charge in [0, 0.05) is 12.8 Å². The molecule has 0 heterocycles. The van der Waals surface area contributed by atoms with Crippen molar-refractivity contribution in [2.24, 2.45) is 0 Å². The summed E-state index contributed by atoms with van der Waals surface area (Å²) in [5.41, 5.74) is 1.55. The zero-order chi connectivity index (χ0) is 14.7. The van der Waals surface area contributed by atoms with Gasteiger partial charge < -0.3 is 0 Å². The topological polar surface area (TPSA) is 17.1 Å². The predicted octanol–water partition coefficient (Wildman–Crippen LogP) is 5.65. The third-order valence-electron chi connectivity index (χ3n) is 2.81. The smallest absolute Gasteiger partial charge is 0.141 e. The second-order valence-corrected chi connectivity index (χ2v) is 5.88. The zero-order valence-electron chi connectivity index (χ0n) is 10.3. The fourth-order valence-electron chi connectivity index (χ4n) is 1.85. The molecule has 0 atom stereocenters. The Morgan fingerprint density at radius 3 is 2.15 bits per heavy atom. The number of carbonyl (C=O) groups is 1. The first-order valence-electron chi connectivity index (χ1n) is 5.86. The number of rotatable bonds is 4. The van der Waals surface area contributed by atoms with Crippen molar-refractivity contribution in [1.29, 1.82) is 0 Å². The molecular weight excluding hydrogens is 338 g/mol. The van der Waals surface area contributed by atoms with Gasteiger partial charge in [-0.1, -0.05) is 76.7 Å². The second-order valence-electron chi connectivity index (χ2n) is 4.34. The summed E-state index contributed by atoms with van der Waals surface area (Å²) >= 11 is 23.9. The van der Waals surface area contributed by atoms with Crippen LogP contribution in [0.3, 0.4) is 0 Å². The molecule has 0 aromatic heterocycles. The van der Waals surface area contributed by atoms with Crippen molar-refractivity contribution in [2.45, 2.75) is 12.8 Å². The Hall–Kier alpha value is -0.730. The Bertz CT molecular complexity index is 638. The van der Waals surface area contributed by atoms with E-state index < -0.39 is 0 Å². The molecule has 0 bridgehead atoms. The fourth-order valence-corrected chi connectivity index (χ4v) is 2.76. The van der Waals surface area contributed by atoms with Crippen molar-refractivity contribution in [1.82, 2.24) is 0 Å². The minimum Gasteiger partial charge on any atom is -0.299 e. The number of halogens is 4. The van der Waals surface area contributed by atoms with Crippen molar-refractivity contribution < 1.29 is 4.79 Å². The van der Waals surface area contributed by atoms with Crippen LogP contribution < -0.4 is 0 Å². The average molecular weight is 348 g/mol. The van der Waals surface area contributed by atoms with E-state index in [0.717, 1.165) is 5.56 Å². The molecule has 0 unspecified atom stereocenters. The molecule has 0 N–H and O–H groups in total. The van der Waals surface area contributed by atoms with Gasteiger partial charge in [-0.3, -0.25) is 4.79 Å². The van der Waals surface area contributed by atoms with Crippen molar-refractivity contribution in [3.8, 4) is 0 Å². The Kier molecular flexibility index (Phi) is 5.34. The number of hydrogen-bond donors (Lipinski definition) is 0. The summed E-state index contributed by atoms with van der Waals surface area (Å²) in [6.45, 7) is 0. The number of benzene rings is 2. The molecule has 0 fully saturated rings. The van der Waals surface area contributed by atoms with Crippen LogP contribution in [0.2, 0.25) is 20.1 Å². The number of carbonyl (C=O) groups excluding carboxylic acids is 1. The maximum Gasteiger partial charge on any atom is 0.141 e. The Labute approximate surface area is 137 Å². The molecule has 0 aliphatic rings. The van der Waals surface area contributed by atoms with Gasteiger partial charge in [-0.25, -0.2) is 0 Å². The average Bonchev–Trinajstić information content (AvgIpc) is 2.43. The van der Waals surface area contributed by atoms with E-state index in [0.29, 0.717) is 17.0 Å². The molecule has 0 radical (unpaired) electrons. The predicted molar refractivity (Wildman–Crippen MR) is 85.3 cm³/mol. The summed E-state index contributed by atoms with van der Waals surface area (Å²) in [5.74, 6) is 0.0348. The van der Waals surface area contributed by atoms with E-state index in [9.17, 15) is 4.79 Å². The minimum absolute atomic E-state index is 0.0348. The summed E-state index contributed by atoms with van der Waals surface area (Å²) in [6.07, 6.45) is 0.513. The molecule has 0 aliphatic carbocycles. The maximum atomic E-state index is 12.1. The van der Waals surface area contributed by atoms with Gasteiger partial charge in [-0.05, 0) is 17.2 Å². The SMILES string of the molecule is O=C(Cc1ccccc1)Cc1cc(Cl)c(Cl)c(Cl)c1Cl. The monoisotopic (exact) mass is 346 g/mol. The first-order valence-corrected chi connectivity index (χ1v) is 7.37. The highest BCUT2D eigenvalue weighted by Gasteiger charge is 2.15. The van der Waals surface area contributed by atoms with Gasteiger partial charge in [0.2, 0.25) is 0 Å². The lowest BCUT2D eigenvalue weighted by molar-refractivity contribution is -0.117. The number of hydrogen-bond acceptors (Lipinski definition) is 1. The normalized spacial score (nSPS) is 10.6. The standard InChI is InChI=1S/C15H10Cl4O/c16-12-8-10(13(17)15(19)14(12)18)7-11(20)6-9-4-2-1-3-5-9/h1-5,8H,6-7H2. The molecule has 20 heavy (non-hydrogen) atoms. The van der Waals surface area contributed by atoms with Gasteiger partial charge in [0.1, 0.15) is 5.78 Å². The highest BCUT2D eigenvalue weighted by molar-refractivity contribution is 6.52. The van der Waals surface area contributed by atoms with Crippen LogP contribution in [-0.2, 0) is 17.6 Å². The van der Waals surface area contributed by atoms with Crippen LogP contribution in [0.5, 0.6) is 0 Å². The van der Waals surface area contributed by atoms with E-state index in [-0.39, 0.29) is 27.3 Å². The van der Waals surface area contributed by atoms with Crippen molar-refractivity contribution in [3.05, 3.63) is 67.6 Å². The third kappa shape index (κ3) is 3.67. The van der Waals surface area contributed by atoms with E-state index in [4.69, 9.17) is 46.4 Å². The maximum absolute atomic E-state index is 12.1. The summed E-state index contributed by atoms with van der Waals surface area (Å²) < 4.78 is 0. The molecule has 2 aromatic rings. The minimum atomic E-state index is 0.0348. The molecule has 0 saturated carbocycles. The van der Waals surface area contributed by atoms with Crippen molar-refractivity contribution in [2.75, 3.05) is 0 Å². The summed E-state index contributed by atoms with van der Waals surface area (Å²) in [6, 6.07) is 11.1. The highest BCUT2D eigenvalue weighted by Crippen LogP contribution is 2.38. The van der Waals surface area contributed by atoms with Crippen LogP contribution in [0.25, 0.3) is 0 Å². The Balaban J connectivity index is 2.16. The van der Waals surface area contributed by atoms with Crippen LogP contribution in [-0.4, -0.2) is 5.78 Å². The molecule has 0 aliphatic heterocycles. The van der Waals surface area contributed by atoms with E-state index in [1.165, 1.54) is 0 Å². The van der Waals surface area contributed by atoms with Crippen LogP contribution >= 0.6 is 46.4 Å². The van der Waals surface area contributed by atoms with Gasteiger partial charge in [-0.15, -0.1) is 0 Å². The van der Waals surface area contributed by atoms with E-state index in [1.54, 1.807) is 6.07 Å². The van der Waals surface area contributed by atoms with E-state index in [1.807, 2.05) is 30.3 Å². The lowest BCUT2D eigenvalue weighted by atomic mass is 10.0. The largest absolute Gasteiger partial charge is 0.299 e. The fraction of sp³-hybridized carbons (Fsp3) is 0.133. The quantitative estimate of drug-likeness (QED) is 0.515. The molecular formula is C15H10Cl4O. The molecule has 0 spiro atoms. The van der Waals surface area contributed by atoms with Crippen LogP contribution in [0, 0.1) is 0 Å². The van der Waals surface area contributed by atoms with Gasteiger partial charge >= 0.3 is 0 Å². The van der Waals surface area contributed by atoms with Gasteiger partial charge in [-0.2, -0.15) is 0 Å². The lowest BCUT2D eigenvalue weighted by Gasteiger charge is -2.08. The van der Waals surface area contributed by atoms with E-state index in [2.05, 4.69) is 0 Å². The molecule has 0 saturated heterocycles.